The number of benzene rings is 1. The summed E-state index contributed by atoms with van der Waals surface area (Å²) < 4.78 is 32.6. The maximum atomic E-state index is 13.1. The Morgan fingerprint density at radius 3 is 2.15 bits per heavy atom. The highest BCUT2D eigenvalue weighted by Gasteiger charge is 2.48. The quantitative estimate of drug-likeness (QED) is 0.175. The van der Waals surface area contributed by atoms with Crippen LogP contribution in [0, 0.1) is 0 Å². The second kappa shape index (κ2) is 11.6. The zero-order valence-corrected chi connectivity index (χ0v) is 21.5. The molecule has 0 aliphatic carbocycles. The first kappa shape index (κ1) is 29.6. The largest absolute Gasteiger partial charge is 0.496 e. The van der Waals surface area contributed by atoms with Crippen LogP contribution >= 0.6 is 0 Å². The van der Waals surface area contributed by atoms with Gasteiger partial charge in [0.2, 0.25) is 6.29 Å². The molecule has 1 aromatic carbocycles. The van der Waals surface area contributed by atoms with E-state index in [0.717, 1.165) is 0 Å². The Balaban J connectivity index is 1.46. The molecule has 10 atom stereocenters. The fraction of sp³-hybridized carbons (Fsp3) is 0.640. The summed E-state index contributed by atoms with van der Waals surface area (Å²) in [5.74, 6) is -0.360. The van der Waals surface area contributed by atoms with Gasteiger partial charge in [0.05, 0.1) is 20.3 Å². The summed E-state index contributed by atoms with van der Waals surface area (Å²) >= 11 is 0. The fourth-order valence-corrected chi connectivity index (χ4v) is 4.45. The lowest BCUT2D eigenvalue weighted by Gasteiger charge is -2.42. The monoisotopic (exact) mass is 558 g/mol. The van der Waals surface area contributed by atoms with Crippen LogP contribution in [0.25, 0.3) is 6.08 Å². The van der Waals surface area contributed by atoms with E-state index < -0.39 is 86.2 Å². The zero-order valence-electron chi connectivity index (χ0n) is 21.5. The molecular weight excluding hydrogens is 524 g/mol. The predicted octanol–water partition coefficient (Wildman–Crippen LogP) is -2.34. The number of fused-ring (bicyclic) bond motifs is 1. The number of hydrogen-bond acceptors (Lipinski definition) is 14. The van der Waals surface area contributed by atoms with Gasteiger partial charge in [0.25, 0.3) is 0 Å². The molecule has 0 saturated carbocycles. The average Bonchev–Trinajstić information content (AvgIpc) is 2.90. The lowest BCUT2D eigenvalue weighted by atomic mass is 9.98. The molecule has 0 unspecified atom stereocenters. The van der Waals surface area contributed by atoms with E-state index in [1.54, 1.807) is 6.08 Å². The number of esters is 1. The first-order valence-corrected chi connectivity index (χ1v) is 12.3. The minimum absolute atomic E-state index is 0.0188. The molecule has 7 N–H and O–H groups in total. The molecule has 1 aromatic rings. The van der Waals surface area contributed by atoms with E-state index in [0.29, 0.717) is 11.3 Å². The number of carbonyl (C=O) groups is 1. The molecule has 14 nitrogen and oxygen atoms in total. The van der Waals surface area contributed by atoms with E-state index in [1.165, 1.54) is 19.2 Å². The van der Waals surface area contributed by atoms with Crippen molar-refractivity contribution in [2.24, 2.45) is 0 Å². The van der Waals surface area contributed by atoms with Crippen molar-refractivity contribution in [2.75, 3.05) is 20.3 Å². The normalized spacial score (nSPS) is 37.5. The number of hydrogen-bond donors (Lipinski definition) is 7. The molecule has 39 heavy (non-hydrogen) atoms. The molecule has 0 bridgehead atoms. The van der Waals surface area contributed by atoms with Gasteiger partial charge in [-0.25, -0.2) is 4.79 Å². The maximum absolute atomic E-state index is 13.1. The standard InChI is InChI=1S/C25H34O14/c1-25(2)5-4-10-6-11(13(34-3)7-12(10)39-25)22(33)38-24-21(32)19(30)17(28)15(37-24)9-35-23-20(31)18(29)16(27)14(8-26)36-23/h4-7,14-21,23-24,26-32H,8-9H2,1-3H3/t14-,15-,16+,17+,18+,19+,20-,21-,23-,24+/m1/s1. The van der Waals surface area contributed by atoms with Gasteiger partial charge in [0.15, 0.2) is 6.29 Å². The molecule has 4 rings (SSSR count). The van der Waals surface area contributed by atoms with Crippen LogP contribution in [-0.2, 0) is 18.9 Å². The molecule has 2 fully saturated rings. The molecule has 0 amide bonds. The summed E-state index contributed by atoms with van der Waals surface area (Å²) in [4.78, 5) is 13.1. The third-order valence-corrected chi connectivity index (χ3v) is 6.75. The SMILES string of the molecule is COc1cc2c(cc1C(=O)O[C@@H]1O[C@H](CO[C@@H]3O[C@H](CO)[C@H](O)[C@H](O)[C@H]3O)[C@H](O)[C@H](O)[C@H]1O)C=CC(C)(C)O2. The second-order valence-corrected chi connectivity index (χ2v) is 10.1. The van der Waals surface area contributed by atoms with Crippen LogP contribution in [-0.4, -0.2) is 129 Å². The molecule has 0 radical (unpaired) electrons. The minimum atomic E-state index is -1.83. The van der Waals surface area contributed by atoms with Gasteiger partial charge in [-0.1, -0.05) is 6.08 Å². The molecule has 0 aromatic heterocycles. The van der Waals surface area contributed by atoms with E-state index in [4.69, 9.17) is 28.4 Å². The van der Waals surface area contributed by atoms with Crippen molar-refractivity contribution >= 4 is 12.0 Å². The lowest BCUT2D eigenvalue weighted by Crippen LogP contribution is -2.61. The maximum Gasteiger partial charge on any atom is 0.344 e. The highest BCUT2D eigenvalue weighted by Crippen LogP contribution is 2.37. The van der Waals surface area contributed by atoms with Crippen LogP contribution < -0.4 is 9.47 Å². The number of carbonyl (C=O) groups excluding carboxylic acids is 1. The Morgan fingerprint density at radius 2 is 1.51 bits per heavy atom. The first-order chi connectivity index (χ1) is 18.4. The Kier molecular flexibility index (Phi) is 8.82. The van der Waals surface area contributed by atoms with Crippen molar-refractivity contribution in [1.82, 2.24) is 0 Å². The molecule has 3 aliphatic heterocycles. The smallest absolute Gasteiger partial charge is 0.344 e. The van der Waals surface area contributed by atoms with E-state index in [-0.39, 0.29) is 11.3 Å². The average molecular weight is 559 g/mol. The first-order valence-electron chi connectivity index (χ1n) is 12.3. The van der Waals surface area contributed by atoms with E-state index in [1.807, 2.05) is 19.9 Å². The van der Waals surface area contributed by atoms with E-state index in [9.17, 15) is 40.5 Å². The predicted molar refractivity (Wildman–Crippen MR) is 129 cm³/mol. The summed E-state index contributed by atoms with van der Waals surface area (Å²) in [7, 11) is 1.35. The van der Waals surface area contributed by atoms with Crippen LogP contribution in [0.4, 0.5) is 0 Å². The van der Waals surface area contributed by atoms with Crippen LogP contribution in [0.5, 0.6) is 11.5 Å². The minimum Gasteiger partial charge on any atom is -0.496 e. The zero-order chi connectivity index (χ0) is 28.6. The molecule has 2 saturated heterocycles. The van der Waals surface area contributed by atoms with Gasteiger partial charge in [-0.15, -0.1) is 0 Å². The Bertz CT molecular complexity index is 1060. The van der Waals surface area contributed by atoms with Crippen LogP contribution in [0.1, 0.15) is 29.8 Å². The topological polar surface area (TPSA) is 214 Å². The fourth-order valence-electron chi connectivity index (χ4n) is 4.45. The van der Waals surface area contributed by atoms with Crippen LogP contribution in [0.2, 0.25) is 0 Å². The second-order valence-electron chi connectivity index (χ2n) is 10.1. The van der Waals surface area contributed by atoms with Crippen molar-refractivity contribution in [3.8, 4) is 11.5 Å². The number of rotatable bonds is 7. The Morgan fingerprint density at radius 1 is 0.897 bits per heavy atom. The molecule has 3 heterocycles. The van der Waals surface area contributed by atoms with Gasteiger partial charge in [-0.05, 0) is 26.0 Å². The summed E-state index contributed by atoms with van der Waals surface area (Å²) in [6.45, 7) is 2.48. The van der Waals surface area contributed by atoms with Crippen molar-refractivity contribution in [1.29, 1.82) is 0 Å². The molecule has 3 aliphatic rings. The van der Waals surface area contributed by atoms with Gasteiger partial charge in [0.1, 0.15) is 71.5 Å². The Labute approximate surface area is 223 Å². The molecule has 218 valence electrons. The van der Waals surface area contributed by atoms with E-state index in [2.05, 4.69) is 0 Å². The summed E-state index contributed by atoms with van der Waals surface area (Å²) in [5.41, 5.74) is -0.00722. The number of ether oxygens (including phenoxy) is 6. The number of aliphatic hydroxyl groups excluding tert-OH is 7. The highest BCUT2D eigenvalue weighted by atomic mass is 16.7. The van der Waals surface area contributed by atoms with E-state index >= 15 is 0 Å². The van der Waals surface area contributed by atoms with Crippen molar-refractivity contribution in [3.05, 3.63) is 29.3 Å². The molecule has 0 spiro atoms. The summed E-state index contributed by atoms with van der Waals surface area (Å²) in [5, 5.41) is 70.4. The van der Waals surface area contributed by atoms with Crippen LogP contribution in [0.15, 0.2) is 18.2 Å². The third-order valence-electron chi connectivity index (χ3n) is 6.75. The molecule has 14 heteroatoms. The summed E-state index contributed by atoms with van der Waals surface area (Å²) in [6.07, 6.45) is -12.7. The number of methoxy groups -OCH3 is 1. The molecular formula is C25H34O14. The van der Waals surface area contributed by atoms with Crippen molar-refractivity contribution in [3.63, 3.8) is 0 Å². The number of aliphatic hydroxyl groups is 7. The van der Waals surface area contributed by atoms with Crippen molar-refractivity contribution in [2.45, 2.75) is 80.9 Å². The third kappa shape index (κ3) is 6.05. The Hall–Kier alpha value is -2.37. The van der Waals surface area contributed by atoms with Gasteiger partial charge < -0.3 is 64.2 Å². The highest BCUT2D eigenvalue weighted by molar-refractivity contribution is 5.94. The van der Waals surface area contributed by atoms with Crippen LogP contribution in [0.3, 0.4) is 0 Å². The summed E-state index contributed by atoms with van der Waals surface area (Å²) in [6, 6.07) is 2.99. The van der Waals surface area contributed by atoms with Gasteiger partial charge in [-0.3, -0.25) is 0 Å². The van der Waals surface area contributed by atoms with Gasteiger partial charge >= 0.3 is 5.97 Å². The van der Waals surface area contributed by atoms with Gasteiger partial charge in [-0.2, -0.15) is 0 Å². The lowest BCUT2D eigenvalue weighted by molar-refractivity contribution is -0.325. The van der Waals surface area contributed by atoms with Gasteiger partial charge in [0, 0.05) is 11.6 Å². The van der Waals surface area contributed by atoms with Crippen molar-refractivity contribution < 1.29 is 69.0 Å².